The molecule has 0 amide bonds. The molecule has 0 aromatic heterocycles. The molecule has 0 radical (unpaired) electrons. The summed E-state index contributed by atoms with van der Waals surface area (Å²) in [6, 6.07) is 0. The van der Waals surface area contributed by atoms with E-state index in [2.05, 4.69) is 4.99 Å². The summed E-state index contributed by atoms with van der Waals surface area (Å²) in [5.74, 6) is 0. The number of nitrogens with zero attached hydrogens (tertiary/aromatic N) is 1. The van der Waals surface area contributed by atoms with Crippen molar-refractivity contribution in [3.8, 4) is 0 Å². The van der Waals surface area contributed by atoms with Crippen LogP contribution in [0.2, 0.25) is 0 Å². The van der Waals surface area contributed by atoms with E-state index in [1.165, 1.54) is 0 Å². The lowest BCUT2D eigenvalue weighted by molar-refractivity contribution is 0.398. The molecule has 0 bridgehead atoms. The van der Waals surface area contributed by atoms with Crippen LogP contribution in [0, 0.1) is 0 Å². The third-order valence-electron chi connectivity index (χ3n) is 1.46. The second-order valence-electron chi connectivity index (χ2n) is 2.14. The molecule has 2 aliphatic rings. The molecule has 2 heteroatoms. The summed E-state index contributed by atoms with van der Waals surface area (Å²) in [7, 11) is 0. The molecule has 0 fully saturated rings. The van der Waals surface area contributed by atoms with Crippen LogP contribution < -0.4 is 0 Å². The third kappa shape index (κ3) is 0.778. The quantitative estimate of drug-likeness (QED) is 0.489. The number of rotatable bonds is 0. The van der Waals surface area contributed by atoms with Crippen LogP contribution >= 0.6 is 0 Å². The molecule has 2 nitrogen and oxygen atoms in total. The van der Waals surface area contributed by atoms with Gasteiger partial charge < -0.3 is 4.74 Å². The fourth-order valence-electron chi connectivity index (χ4n) is 0.972. The van der Waals surface area contributed by atoms with E-state index >= 15 is 0 Å². The Balaban J connectivity index is 2.38. The van der Waals surface area contributed by atoms with Crippen LogP contribution in [-0.2, 0) is 4.74 Å². The van der Waals surface area contributed by atoms with Gasteiger partial charge in [-0.15, -0.1) is 0 Å². The van der Waals surface area contributed by atoms with Crippen LogP contribution in [-0.4, -0.2) is 12.3 Å². The second kappa shape index (κ2) is 2.14. The molecular formula is C8H7NO. The first-order chi connectivity index (χ1) is 4.97. The van der Waals surface area contributed by atoms with Gasteiger partial charge in [-0.05, 0) is 6.08 Å². The van der Waals surface area contributed by atoms with Gasteiger partial charge in [0.05, 0.1) is 24.8 Å². The lowest BCUT2D eigenvalue weighted by atomic mass is 10.1. The molecule has 0 atom stereocenters. The Morgan fingerprint density at radius 3 is 3.30 bits per heavy atom. The van der Waals surface area contributed by atoms with Crippen LogP contribution in [0.4, 0.5) is 0 Å². The van der Waals surface area contributed by atoms with Gasteiger partial charge in [-0.3, -0.25) is 4.99 Å². The first kappa shape index (κ1) is 5.47. The van der Waals surface area contributed by atoms with Crippen LogP contribution in [0.15, 0.2) is 41.3 Å². The third-order valence-corrected chi connectivity index (χ3v) is 1.46. The summed E-state index contributed by atoms with van der Waals surface area (Å²) in [6.07, 6.45) is 9.25. The van der Waals surface area contributed by atoms with E-state index in [9.17, 15) is 0 Å². The van der Waals surface area contributed by atoms with Crippen LogP contribution in [0.5, 0.6) is 0 Å². The Hall–Kier alpha value is -1.31. The molecule has 0 aromatic carbocycles. The molecule has 0 aromatic rings. The summed E-state index contributed by atoms with van der Waals surface area (Å²) in [6.45, 7) is 0.789. The van der Waals surface area contributed by atoms with E-state index in [4.69, 9.17) is 4.74 Å². The van der Waals surface area contributed by atoms with Gasteiger partial charge >= 0.3 is 0 Å². The number of hydrogen-bond acceptors (Lipinski definition) is 2. The van der Waals surface area contributed by atoms with Crippen molar-refractivity contribution in [1.29, 1.82) is 0 Å². The molecule has 0 saturated heterocycles. The zero-order chi connectivity index (χ0) is 6.81. The Morgan fingerprint density at radius 2 is 2.40 bits per heavy atom. The van der Waals surface area contributed by atoms with Gasteiger partial charge in [0.2, 0.25) is 0 Å². The van der Waals surface area contributed by atoms with Crippen LogP contribution in [0.1, 0.15) is 0 Å². The molecule has 0 spiro atoms. The topological polar surface area (TPSA) is 21.6 Å². The van der Waals surface area contributed by atoms with Crippen molar-refractivity contribution < 1.29 is 4.74 Å². The zero-order valence-electron chi connectivity index (χ0n) is 5.45. The van der Waals surface area contributed by atoms with Gasteiger partial charge in [0.15, 0.2) is 0 Å². The highest BCUT2D eigenvalue weighted by Crippen LogP contribution is 2.11. The predicted molar refractivity (Wildman–Crippen MR) is 39.8 cm³/mol. The first-order valence-corrected chi connectivity index (χ1v) is 3.20. The van der Waals surface area contributed by atoms with Crippen molar-refractivity contribution >= 4 is 5.71 Å². The normalized spacial score (nSPS) is 20.8. The number of aliphatic imine (C=N–C) groups is 1. The molecule has 2 rings (SSSR count). The van der Waals surface area contributed by atoms with Crippen molar-refractivity contribution in [3.05, 3.63) is 36.3 Å². The largest absolute Gasteiger partial charge is 0.472 e. The minimum Gasteiger partial charge on any atom is -0.472 e. The van der Waals surface area contributed by atoms with Crippen LogP contribution in [0.25, 0.3) is 0 Å². The standard InChI is InChI=1S/C8H7NO/c1-2-7-6-10-5-3-8(7)9-4-1/h1-3,5-6H,4H2. The highest BCUT2D eigenvalue weighted by atomic mass is 16.5. The molecule has 0 aliphatic carbocycles. The molecule has 0 unspecified atom stereocenters. The highest BCUT2D eigenvalue weighted by molar-refractivity contribution is 6.11. The number of hydrogen-bond donors (Lipinski definition) is 0. The molecular weight excluding hydrogens is 126 g/mol. The van der Waals surface area contributed by atoms with E-state index in [1.807, 2.05) is 18.2 Å². The molecule has 2 heterocycles. The second-order valence-corrected chi connectivity index (χ2v) is 2.14. The summed E-state index contributed by atoms with van der Waals surface area (Å²) in [4.78, 5) is 4.25. The Labute approximate surface area is 59.2 Å². The maximum atomic E-state index is 4.96. The van der Waals surface area contributed by atoms with E-state index in [0.29, 0.717) is 0 Å². The summed E-state index contributed by atoms with van der Waals surface area (Å²) < 4.78 is 4.96. The summed E-state index contributed by atoms with van der Waals surface area (Å²) in [5.41, 5.74) is 2.09. The van der Waals surface area contributed by atoms with Crippen molar-refractivity contribution in [2.75, 3.05) is 6.54 Å². The van der Waals surface area contributed by atoms with E-state index < -0.39 is 0 Å². The van der Waals surface area contributed by atoms with Gasteiger partial charge in [0.1, 0.15) is 0 Å². The zero-order valence-corrected chi connectivity index (χ0v) is 5.45. The predicted octanol–water partition coefficient (Wildman–Crippen LogP) is 1.43. The summed E-state index contributed by atoms with van der Waals surface area (Å²) >= 11 is 0. The Kier molecular flexibility index (Phi) is 1.17. The molecule has 2 aliphatic heterocycles. The number of dihydropyridines is 1. The highest BCUT2D eigenvalue weighted by Gasteiger charge is 2.06. The maximum absolute atomic E-state index is 4.96. The summed E-state index contributed by atoms with van der Waals surface area (Å²) in [5, 5.41) is 0. The molecule has 10 heavy (non-hydrogen) atoms. The Bertz CT molecular complexity index is 230. The van der Waals surface area contributed by atoms with E-state index in [0.717, 1.165) is 17.8 Å². The minimum absolute atomic E-state index is 0.789. The van der Waals surface area contributed by atoms with Gasteiger partial charge in [0.25, 0.3) is 0 Å². The van der Waals surface area contributed by atoms with Crippen molar-refractivity contribution in [3.63, 3.8) is 0 Å². The van der Waals surface area contributed by atoms with Gasteiger partial charge in [-0.2, -0.15) is 0 Å². The maximum Gasteiger partial charge on any atom is 0.0995 e. The first-order valence-electron chi connectivity index (χ1n) is 3.20. The monoisotopic (exact) mass is 133 g/mol. The average molecular weight is 133 g/mol. The average Bonchev–Trinajstić information content (AvgIpc) is 2.05. The number of ether oxygens (including phenoxy) is 1. The van der Waals surface area contributed by atoms with Gasteiger partial charge in [-0.1, -0.05) is 12.2 Å². The van der Waals surface area contributed by atoms with Crippen molar-refractivity contribution in [1.82, 2.24) is 0 Å². The fourth-order valence-corrected chi connectivity index (χ4v) is 0.972. The van der Waals surface area contributed by atoms with Crippen LogP contribution in [0.3, 0.4) is 0 Å². The Morgan fingerprint density at radius 1 is 1.40 bits per heavy atom. The molecule has 0 N–H and O–H groups in total. The molecule has 50 valence electrons. The number of fused-ring (bicyclic) bond motifs is 1. The van der Waals surface area contributed by atoms with E-state index in [1.54, 1.807) is 12.5 Å². The minimum atomic E-state index is 0.789. The van der Waals surface area contributed by atoms with Crippen molar-refractivity contribution in [2.45, 2.75) is 0 Å². The SMILES string of the molecule is C1=CC2=COC=CC2=NC1. The molecule has 0 saturated carbocycles. The smallest absolute Gasteiger partial charge is 0.0995 e. The van der Waals surface area contributed by atoms with Gasteiger partial charge in [-0.25, -0.2) is 0 Å². The number of allylic oxidation sites excluding steroid dienone is 3. The fraction of sp³-hybridized carbons (Fsp3) is 0.125. The van der Waals surface area contributed by atoms with E-state index in [-0.39, 0.29) is 0 Å². The van der Waals surface area contributed by atoms with Crippen molar-refractivity contribution in [2.24, 2.45) is 4.99 Å². The lowest BCUT2D eigenvalue weighted by Crippen LogP contribution is -2.05. The lowest BCUT2D eigenvalue weighted by Gasteiger charge is -2.09. The van der Waals surface area contributed by atoms with Gasteiger partial charge in [0, 0.05) is 5.57 Å².